The van der Waals surface area contributed by atoms with Crippen molar-refractivity contribution in [1.82, 2.24) is 19.6 Å². The van der Waals surface area contributed by atoms with Crippen LogP contribution in [0.3, 0.4) is 0 Å². The molecule has 0 aliphatic heterocycles. The van der Waals surface area contributed by atoms with Crippen LogP contribution in [0.15, 0.2) is 18.7 Å². The summed E-state index contributed by atoms with van der Waals surface area (Å²) in [5.41, 5.74) is 6.24. The van der Waals surface area contributed by atoms with Gasteiger partial charge in [-0.1, -0.05) is 6.92 Å². The molecule has 2 N–H and O–H groups in total. The van der Waals surface area contributed by atoms with Gasteiger partial charge in [0.15, 0.2) is 0 Å². The van der Waals surface area contributed by atoms with E-state index in [2.05, 4.69) is 15.2 Å². The Balaban J connectivity index is 2.18. The first kappa shape index (κ1) is 10.8. The van der Waals surface area contributed by atoms with E-state index in [0.29, 0.717) is 18.1 Å². The van der Waals surface area contributed by atoms with E-state index in [0.717, 1.165) is 6.42 Å². The third-order valence-corrected chi connectivity index (χ3v) is 2.53. The van der Waals surface area contributed by atoms with E-state index < -0.39 is 0 Å². The summed E-state index contributed by atoms with van der Waals surface area (Å²) in [7, 11) is 0. The molecule has 86 valence electrons. The Kier molecular flexibility index (Phi) is 2.74. The molecule has 0 amide bonds. The fraction of sp³-hybridized carbons (Fsp3) is 0.500. The summed E-state index contributed by atoms with van der Waals surface area (Å²) in [4.78, 5) is 4.12. The highest BCUT2D eigenvalue weighted by atomic mass is 16.5. The number of hydrogen-bond acceptors (Lipinski definition) is 5. The van der Waals surface area contributed by atoms with Gasteiger partial charge in [-0.3, -0.25) is 4.40 Å². The minimum Gasteiger partial charge on any atom is -0.473 e. The van der Waals surface area contributed by atoms with Crippen LogP contribution in [-0.2, 0) is 0 Å². The zero-order chi connectivity index (χ0) is 11.6. The Hall–Kier alpha value is -1.69. The van der Waals surface area contributed by atoms with Crippen LogP contribution in [0, 0.1) is 0 Å². The molecule has 6 nitrogen and oxygen atoms in total. The zero-order valence-corrected chi connectivity index (χ0v) is 9.42. The van der Waals surface area contributed by atoms with Crippen molar-refractivity contribution in [2.45, 2.75) is 25.8 Å². The molecular weight excluding hydrogens is 206 g/mol. The van der Waals surface area contributed by atoms with E-state index in [4.69, 9.17) is 10.5 Å². The van der Waals surface area contributed by atoms with Gasteiger partial charge in [0, 0.05) is 17.9 Å². The van der Waals surface area contributed by atoms with Crippen LogP contribution in [0.1, 0.15) is 20.3 Å². The molecule has 1 unspecified atom stereocenters. The van der Waals surface area contributed by atoms with Crippen LogP contribution in [0.4, 0.5) is 0 Å². The van der Waals surface area contributed by atoms with Crippen molar-refractivity contribution in [3.05, 3.63) is 18.7 Å². The topological polar surface area (TPSA) is 78.3 Å². The Bertz CT molecular complexity index is 479. The molecule has 1 atom stereocenters. The summed E-state index contributed by atoms with van der Waals surface area (Å²) < 4.78 is 7.33. The lowest BCUT2D eigenvalue weighted by Crippen LogP contribution is -2.41. The number of nitrogens with two attached hydrogens (primary N) is 1. The lowest BCUT2D eigenvalue weighted by Gasteiger charge is -2.22. The summed E-state index contributed by atoms with van der Waals surface area (Å²) >= 11 is 0. The van der Waals surface area contributed by atoms with Gasteiger partial charge < -0.3 is 10.5 Å². The van der Waals surface area contributed by atoms with Crippen LogP contribution in [0.2, 0.25) is 0 Å². The smallest absolute Gasteiger partial charge is 0.260 e. The molecule has 2 heterocycles. The normalized spacial score (nSPS) is 14.9. The molecule has 2 aromatic heterocycles. The maximum absolute atomic E-state index is 5.99. The Labute approximate surface area is 93.5 Å². The van der Waals surface area contributed by atoms with Crippen molar-refractivity contribution in [2.24, 2.45) is 5.73 Å². The molecule has 0 aromatic carbocycles. The number of aromatic nitrogens is 4. The first-order valence-corrected chi connectivity index (χ1v) is 5.18. The van der Waals surface area contributed by atoms with Crippen molar-refractivity contribution in [1.29, 1.82) is 0 Å². The standard InChI is InChI=1S/C10H15N5O/c1-3-10(2,11)6-16-9-8-14-13-7-15(8)5-4-12-9/h4-5,7H,3,6,11H2,1-2H3. The van der Waals surface area contributed by atoms with Gasteiger partial charge in [-0.05, 0) is 13.3 Å². The molecule has 16 heavy (non-hydrogen) atoms. The van der Waals surface area contributed by atoms with Crippen LogP contribution in [0.5, 0.6) is 5.88 Å². The predicted molar refractivity (Wildman–Crippen MR) is 59.2 cm³/mol. The largest absolute Gasteiger partial charge is 0.473 e. The number of nitrogens with zero attached hydrogens (tertiary/aromatic N) is 4. The molecule has 2 aromatic rings. The second-order valence-corrected chi connectivity index (χ2v) is 4.09. The van der Waals surface area contributed by atoms with E-state index in [-0.39, 0.29) is 5.54 Å². The molecule has 0 radical (unpaired) electrons. The van der Waals surface area contributed by atoms with E-state index in [1.165, 1.54) is 0 Å². The summed E-state index contributed by atoms with van der Waals surface area (Å²) in [6.45, 7) is 4.37. The molecule has 0 spiro atoms. The molecule has 2 rings (SSSR count). The lowest BCUT2D eigenvalue weighted by molar-refractivity contribution is 0.220. The summed E-state index contributed by atoms with van der Waals surface area (Å²) in [6.07, 6.45) is 5.85. The molecular formula is C10H15N5O. The molecule has 0 saturated heterocycles. The fourth-order valence-electron chi connectivity index (χ4n) is 1.17. The van der Waals surface area contributed by atoms with E-state index in [1.807, 2.05) is 13.8 Å². The number of hydrogen-bond donors (Lipinski definition) is 1. The van der Waals surface area contributed by atoms with Gasteiger partial charge in [0.1, 0.15) is 12.9 Å². The Morgan fingerprint density at radius 2 is 2.38 bits per heavy atom. The average Bonchev–Trinajstić information content (AvgIpc) is 2.75. The molecule has 0 aliphatic carbocycles. The van der Waals surface area contributed by atoms with Gasteiger partial charge >= 0.3 is 0 Å². The van der Waals surface area contributed by atoms with Crippen molar-refractivity contribution in [3.8, 4) is 5.88 Å². The van der Waals surface area contributed by atoms with Gasteiger partial charge in [-0.2, -0.15) is 0 Å². The number of fused-ring (bicyclic) bond motifs is 1. The molecule has 0 fully saturated rings. The predicted octanol–water partition coefficient (Wildman–Crippen LogP) is 0.630. The maximum atomic E-state index is 5.99. The lowest BCUT2D eigenvalue weighted by atomic mass is 10.0. The van der Waals surface area contributed by atoms with Gasteiger partial charge in [0.2, 0.25) is 5.65 Å². The molecule has 0 saturated carbocycles. The first-order valence-electron chi connectivity index (χ1n) is 5.18. The van der Waals surface area contributed by atoms with Crippen LogP contribution >= 0.6 is 0 Å². The first-order chi connectivity index (χ1) is 7.62. The van der Waals surface area contributed by atoms with Crippen LogP contribution in [0.25, 0.3) is 5.65 Å². The minimum absolute atomic E-state index is 0.353. The highest BCUT2D eigenvalue weighted by Crippen LogP contribution is 2.15. The summed E-state index contributed by atoms with van der Waals surface area (Å²) in [5, 5.41) is 7.72. The van der Waals surface area contributed by atoms with Crippen molar-refractivity contribution >= 4 is 5.65 Å². The van der Waals surface area contributed by atoms with Crippen molar-refractivity contribution < 1.29 is 4.74 Å². The minimum atomic E-state index is -0.353. The SMILES string of the molecule is CCC(C)(N)COc1nccn2cnnc12. The van der Waals surface area contributed by atoms with E-state index in [9.17, 15) is 0 Å². The summed E-state index contributed by atoms with van der Waals surface area (Å²) in [6, 6.07) is 0. The third kappa shape index (κ3) is 2.11. The zero-order valence-electron chi connectivity index (χ0n) is 9.42. The molecule has 0 aliphatic rings. The quantitative estimate of drug-likeness (QED) is 0.819. The fourth-order valence-corrected chi connectivity index (χ4v) is 1.17. The van der Waals surface area contributed by atoms with Crippen LogP contribution in [-0.4, -0.2) is 31.7 Å². The van der Waals surface area contributed by atoms with Crippen molar-refractivity contribution in [2.75, 3.05) is 6.61 Å². The van der Waals surface area contributed by atoms with Gasteiger partial charge in [0.05, 0.1) is 0 Å². The number of ether oxygens (including phenoxy) is 1. The highest BCUT2D eigenvalue weighted by Gasteiger charge is 2.18. The molecule has 0 bridgehead atoms. The average molecular weight is 221 g/mol. The second kappa shape index (κ2) is 4.05. The second-order valence-electron chi connectivity index (χ2n) is 4.09. The van der Waals surface area contributed by atoms with Crippen LogP contribution < -0.4 is 10.5 Å². The van der Waals surface area contributed by atoms with E-state index in [1.54, 1.807) is 23.1 Å². The highest BCUT2D eigenvalue weighted by molar-refractivity contribution is 5.47. The van der Waals surface area contributed by atoms with Gasteiger partial charge in [-0.15, -0.1) is 10.2 Å². The molecule has 6 heteroatoms. The maximum Gasteiger partial charge on any atom is 0.260 e. The van der Waals surface area contributed by atoms with E-state index >= 15 is 0 Å². The summed E-state index contributed by atoms with van der Waals surface area (Å²) in [5.74, 6) is 0.463. The third-order valence-electron chi connectivity index (χ3n) is 2.53. The monoisotopic (exact) mass is 221 g/mol. The number of rotatable bonds is 4. The van der Waals surface area contributed by atoms with Gasteiger partial charge in [-0.25, -0.2) is 4.98 Å². The Morgan fingerprint density at radius 1 is 1.56 bits per heavy atom. The van der Waals surface area contributed by atoms with Gasteiger partial charge in [0.25, 0.3) is 5.88 Å². The Morgan fingerprint density at radius 3 is 3.12 bits per heavy atom. The van der Waals surface area contributed by atoms with Crippen molar-refractivity contribution in [3.63, 3.8) is 0 Å².